The second-order valence-corrected chi connectivity index (χ2v) is 5.75. The van der Waals surface area contributed by atoms with E-state index in [-0.39, 0.29) is 5.54 Å². The van der Waals surface area contributed by atoms with Crippen molar-refractivity contribution in [2.45, 2.75) is 58.9 Å². The molecule has 0 aromatic carbocycles. The van der Waals surface area contributed by atoms with E-state index in [0.717, 1.165) is 32.4 Å². The van der Waals surface area contributed by atoms with Crippen LogP contribution in [0.3, 0.4) is 0 Å². The van der Waals surface area contributed by atoms with Gasteiger partial charge in [-0.2, -0.15) is 11.3 Å². The maximum Gasteiger partial charge on any atom is 0.153 e. The molecular formula is C16H27NOS. The minimum atomic E-state index is -0.250. The summed E-state index contributed by atoms with van der Waals surface area (Å²) in [6.07, 6.45) is 3.36. The summed E-state index contributed by atoms with van der Waals surface area (Å²) in [5, 5.41) is 4.22. The lowest BCUT2D eigenvalue weighted by atomic mass is 9.83. The second-order valence-electron chi connectivity index (χ2n) is 4.97. The number of likely N-dealkylation sites (N-methyl/N-ethyl adjacent to an activating group) is 1. The summed E-state index contributed by atoms with van der Waals surface area (Å²) in [7, 11) is 0. The van der Waals surface area contributed by atoms with E-state index in [2.05, 4.69) is 49.4 Å². The number of carbonyl (C=O) groups is 1. The average molecular weight is 281 g/mol. The Labute approximate surface area is 121 Å². The van der Waals surface area contributed by atoms with Crippen LogP contribution in [0.2, 0.25) is 0 Å². The minimum absolute atomic E-state index is 0.250. The Bertz CT molecular complexity index is 364. The second kappa shape index (κ2) is 7.81. The van der Waals surface area contributed by atoms with Crippen LogP contribution in [0, 0.1) is 0 Å². The van der Waals surface area contributed by atoms with Crippen molar-refractivity contribution < 1.29 is 4.79 Å². The monoisotopic (exact) mass is 281 g/mol. The molecule has 0 unspecified atom stereocenters. The van der Waals surface area contributed by atoms with Gasteiger partial charge in [0.1, 0.15) is 0 Å². The Kier molecular flexibility index (Phi) is 6.73. The highest BCUT2D eigenvalue weighted by Crippen LogP contribution is 2.27. The Hall–Kier alpha value is -0.670. The van der Waals surface area contributed by atoms with E-state index < -0.39 is 0 Å². The fraction of sp³-hybridized carbons (Fsp3) is 0.688. The molecule has 1 aromatic rings. The summed E-state index contributed by atoms with van der Waals surface area (Å²) in [6, 6.07) is 2.12. The van der Waals surface area contributed by atoms with Gasteiger partial charge < -0.3 is 0 Å². The first-order chi connectivity index (χ1) is 9.14. The van der Waals surface area contributed by atoms with Crippen LogP contribution in [0.1, 0.15) is 52.5 Å². The topological polar surface area (TPSA) is 20.3 Å². The molecule has 0 spiro atoms. The van der Waals surface area contributed by atoms with E-state index in [1.807, 2.05) is 0 Å². The van der Waals surface area contributed by atoms with E-state index in [1.54, 1.807) is 11.3 Å². The van der Waals surface area contributed by atoms with Crippen molar-refractivity contribution in [2.24, 2.45) is 0 Å². The molecular weight excluding hydrogens is 254 g/mol. The summed E-state index contributed by atoms with van der Waals surface area (Å²) in [6.45, 7) is 10.5. The number of Topliss-reactive ketones (excluding diaryl/α,β-unsaturated/α-hetero) is 1. The molecule has 108 valence electrons. The number of nitrogens with zero attached hydrogens (tertiary/aromatic N) is 1. The SMILES string of the molecule is CCN(CC)C(CC)(CC)C(=O)CCc1ccsc1. The number of aryl methyl sites for hydroxylation is 1. The molecule has 0 amide bonds. The van der Waals surface area contributed by atoms with Crippen molar-refractivity contribution in [2.75, 3.05) is 13.1 Å². The zero-order valence-electron chi connectivity index (χ0n) is 12.7. The third-order valence-corrected chi connectivity index (χ3v) is 5.01. The standard InChI is InChI=1S/C16H27NOS/c1-5-16(6-2,17(7-3)8-4)15(18)10-9-14-11-12-19-13-14/h11-13H,5-10H2,1-4H3. The molecule has 0 saturated carbocycles. The van der Waals surface area contributed by atoms with Crippen LogP contribution < -0.4 is 0 Å². The number of carbonyl (C=O) groups excluding carboxylic acids is 1. The van der Waals surface area contributed by atoms with E-state index in [1.165, 1.54) is 5.56 Å². The highest BCUT2D eigenvalue weighted by molar-refractivity contribution is 7.07. The number of rotatable bonds is 9. The predicted octanol–water partition coefficient (Wildman–Crippen LogP) is 4.15. The largest absolute Gasteiger partial charge is 0.298 e. The molecule has 0 aliphatic heterocycles. The van der Waals surface area contributed by atoms with Gasteiger partial charge in [-0.15, -0.1) is 0 Å². The molecule has 0 aliphatic rings. The fourth-order valence-corrected chi connectivity index (χ4v) is 3.73. The van der Waals surface area contributed by atoms with E-state index in [9.17, 15) is 4.79 Å². The number of hydrogen-bond acceptors (Lipinski definition) is 3. The van der Waals surface area contributed by atoms with Gasteiger partial charge in [-0.1, -0.05) is 27.7 Å². The van der Waals surface area contributed by atoms with Crippen LogP contribution in [-0.2, 0) is 11.2 Å². The molecule has 0 N–H and O–H groups in total. The summed E-state index contributed by atoms with van der Waals surface area (Å²) in [4.78, 5) is 15.1. The van der Waals surface area contributed by atoms with Crippen molar-refractivity contribution >= 4 is 17.1 Å². The highest BCUT2D eigenvalue weighted by atomic mass is 32.1. The fourth-order valence-electron chi connectivity index (χ4n) is 3.02. The maximum absolute atomic E-state index is 12.7. The lowest BCUT2D eigenvalue weighted by Crippen LogP contribution is -2.53. The predicted molar refractivity (Wildman–Crippen MR) is 83.9 cm³/mol. The van der Waals surface area contributed by atoms with Gasteiger partial charge in [-0.05, 0) is 54.7 Å². The molecule has 0 radical (unpaired) electrons. The zero-order valence-corrected chi connectivity index (χ0v) is 13.6. The third-order valence-electron chi connectivity index (χ3n) is 4.28. The number of hydrogen-bond donors (Lipinski definition) is 0. The molecule has 0 atom stereocenters. The van der Waals surface area contributed by atoms with Gasteiger partial charge in [0, 0.05) is 6.42 Å². The molecule has 1 rings (SSSR count). The molecule has 2 nitrogen and oxygen atoms in total. The molecule has 1 aromatic heterocycles. The smallest absolute Gasteiger partial charge is 0.153 e. The van der Waals surface area contributed by atoms with E-state index in [0.29, 0.717) is 12.2 Å². The lowest BCUT2D eigenvalue weighted by molar-refractivity contribution is -0.132. The minimum Gasteiger partial charge on any atom is -0.298 e. The Balaban J connectivity index is 2.77. The average Bonchev–Trinajstić information content (AvgIpc) is 2.95. The highest BCUT2D eigenvalue weighted by Gasteiger charge is 2.38. The molecule has 0 bridgehead atoms. The van der Waals surface area contributed by atoms with Crippen molar-refractivity contribution in [1.82, 2.24) is 4.90 Å². The quantitative estimate of drug-likeness (QED) is 0.677. The number of thiophene rings is 1. The summed E-state index contributed by atoms with van der Waals surface area (Å²) in [5.41, 5.74) is 1.04. The van der Waals surface area contributed by atoms with Gasteiger partial charge in [0.25, 0.3) is 0 Å². The van der Waals surface area contributed by atoms with Crippen LogP contribution >= 0.6 is 11.3 Å². The molecule has 0 saturated heterocycles. The molecule has 0 fully saturated rings. The maximum atomic E-state index is 12.7. The van der Waals surface area contributed by atoms with E-state index in [4.69, 9.17) is 0 Å². The first kappa shape index (κ1) is 16.4. The lowest BCUT2D eigenvalue weighted by Gasteiger charge is -2.41. The molecule has 3 heteroatoms. The summed E-state index contributed by atoms with van der Waals surface area (Å²) in [5.74, 6) is 0.410. The van der Waals surface area contributed by atoms with Gasteiger partial charge in [-0.25, -0.2) is 0 Å². The van der Waals surface area contributed by atoms with Crippen LogP contribution in [0.4, 0.5) is 0 Å². The number of ketones is 1. The molecule has 1 heterocycles. The van der Waals surface area contributed by atoms with Crippen LogP contribution in [0.25, 0.3) is 0 Å². The van der Waals surface area contributed by atoms with Crippen molar-refractivity contribution in [1.29, 1.82) is 0 Å². The summed E-state index contributed by atoms with van der Waals surface area (Å²) >= 11 is 1.70. The third kappa shape index (κ3) is 3.67. The van der Waals surface area contributed by atoms with Gasteiger partial charge in [0.05, 0.1) is 5.54 Å². The Morgan fingerprint density at radius 3 is 2.26 bits per heavy atom. The zero-order chi connectivity index (χ0) is 14.3. The Morgan fingerprint density at radius 2 is 1.84 bits per heavy atom. The van der Waals surface area contributed by atoms with E-state index >= 15 is 0 Å². The first-order valence-electron chi connectivity index (χ1n) is 7.43. The van der Waals surface area contributed by atoms with Crippen molar-refractivity contribution in [3.63, 3.8) is 0 Å². The van der Waals surface area contributed by atoms with Crippen LogP contribution in [-0.4, -0.2) is 29.3 Å². The first-order valence-corrected chi connectivity index (χ1v) is 8.38. The molecule has 0 aliphatic carbocycles. The normalized spacial score (nSPS) is 12.1. The van der Waals surface area contributed by atoms with Crippen LogP contribution in [0.15, 0.2) is 16.8 Å². The van der Waals surface area contributed by atoms with Gasteiger partial charge in [0.15, 0.2) is 5.78 Å². The van der Waals surface area contributed by atoms with Gasteiger partial charge >= 0.3 is 0 Å². The van der Waals surface area contributed by atoms with Crippen molar-refractivity contribution in [3.05, 3.63) is 22.4 Å². The van der Waals surface area contributed by atoms with Gasteiger partial charge in [-0.3, -0.25) is 9.69 Å². The molecule has 19 heavy (non-hydrogen) atoms. The van der Waals surface area contributed by atoms with Crippen LogP contribution in [0.5, 0.6) is 0 Å². The van der Waals surface area contributed by atoms with Gasteiger partial charge in [0.2, 0.25) is 0 Å². The van der Waals surface area contributed by atoms with Crippen molar-refractivity contribution in [3.8, 4) is 0 Å². The Morgan fingerprint density at radius 1 is 1.21 bits per heavy atom. The summed E-state index contributed by atoms with van der Waals surface area (Å²) < 4.78 is 0.